The van der Waals surface area contributed by atoms with E-state index in [0.29, 0.717) is 6.07 Å². The molecule has 1 aromatic rings. The normalized spacial score (nSPS) is 12.5. The minimum Gasteiger partial charge on any atom is -0.507 e. The first-order valence-corrected chi connectivity index (χ1v) is 4.98. The molecule has 1 atom stereocenters. The smallest absolute Gasteiger partial charge is 0.312 e. The van der Waals surface area contributed by atoms with Crippen LogP contribution in [0.2, 0.25) is 0 Å². The lowest BCUT2D eigenvalue weighted by molar-refractivity contribution is -0.138. The highest BCUT2D eigenvalue weighted by Crippen LogP contribution is 2.34. The van der Waals surface area contributed by atoms with Gasteiger partial charge in [0.2, 0.25) is 0 Å². The maximum Gasteiger partial charge on any atom is 0.312 e. The van der Waals surface area contributed by atoms with Crippen LogP contribution in [-0.4, -0.2) is 22.7 Å². The van der Waals surface area contributed by atoms with E-state index >= 15 is 0 Å². The largest absolute Gasteiger partial charge is 0.507 e. The fraction of sp³-hybridized carbons (Fsp3) is 0.222. The van der Waals surface area contributed by atoms with Crippen molar-refractivity contribution in [3.8, 4) is 5.75 Å². The standard InChI is InChI=1S/C9H8BrF2NO3/c10-7-5(14)1-4(11)6(8(7)12)3(2-13)9(15)16/h1,3,14H,2,13H2,(H,15,16). The Balaban J connectivity index is 3.43. The van der Waals surface area contributed by atoms with Crippen LogP contribution < -0.4 is 5.73 Å². The van der Waals surface area contributed by atoms with Gasteiger partial charge in [-0.15, -0.1) is 0 Å². The lowest BCUT2D eigenvalue weighted by Gasteiger charge is -2.13. The van der Waals surface area contributed by atoms with Crippen molar-refractivity contribution < 1.29 is 23.8 Å². The highest BCUT2D eigenvalue weighted by atomic mass is 79.9. The summed E-state index contributed by atoms with van der Waals surface area (Å²) in [6, 6.07) is 0.633. The lowest BCUT2D eigenvalue weighted by atomic mass is 9.98. The first-order valence-electron chi connectivity index (χ1n) is 4.19. The van der Waals surface area contributed by atoms with Crippen LogP contribution in [0.15, 0.2) is 10.5 Å². The number of rotatable bonds is 3. The molecule has 1 aromatic carbocycles. The fourth-order valence-electron chi connectivity index (χ4n) is 1.26. The second kappa shape index (κ2) is 4.75. The summed E-state index contributed by atoms with van der Waals surface area (Å²) in [7, 11) is 0. The van der Waals surface area contributed by atoms with Gasteiger partial charge in [-0.05, 0) is 15.9 Å². The molecular weight excluding hydrogens is 288 g/mol. The number of hydrogen-bond acceptors (Lipinski definition) is 3. The van der Waals surface area contributed by atoms with Crippen molar-refractivity contribution in [2.45, 2.75) is 5.92 Å². The molecule has 0 bridgehead atoms. The molecule has 4 nitrogen and oxygen atoms in total. The van der Waals surface area contributed by atoms with Crippen LogP contribution in [-0.2, 0) is 4.79 Å². The first-order chi connectivity index (χ1) is 7.40. The van der Waals surface area contributed by atoms with Gasteiger partial charge in [-0.2, -0.15) is 0 Å². The van der Waals surface area contributed by atoms with Crippen molar-refractivity contribution in [3.05, 3.63) is 27.7 Å². The number of aromatic hydroxyl groups is 1. The van der Waals surface area contributed by atoms with Gasteiger partial charge in [0.05, 0.1) is 10.4 Å². The van der Waals surface area contributed by atoms with Crippen molar-refractivity contribution in [3.63, 3.8) is 0 Å². The molecule has 0 heterocycles. The second-order valence-corrected chi connectivity index (χ2v) is 3.84. The Morgan fingerprint density at radius 3 is 2.56 bits per heavy atom. The summed E-state index contributed by atoms with van der Waals surface area (Å²) in [5.74, 6) is -5.86. The van der Waals surface area contributed by atoms with Gasteiger partial charge in [-0.1, -0.05) is 0 Å². The number of carboxylic acid groups (broad SMARTS) is 1. The summed E-state index contributed by atoms with van der Waals surface area (Å²) in [6.45, 7) is -0.444. The zero-order valence-electron chi connectivity index (χ0n) is 7.88. The van der Waals surface area contributed by atoms with Crippen molar-refractivity contribution in [2.75, 3.05) is 6.54 Å². The lowest BCUT2D eigenvalue weighted by Crippen LogP contribution is -2.23. The van der Waals surface area contributed by atoms with E-state index in [0.717, 1.165) is 0 Å². The van der Waals surface area contributed by atoms with Gasteiger partial charge < -0.3 is 15.9 Å². The number of nitrogens with two attached hydrogens (primary N) is 1. The summed E-state index contributed by atoms with van der Waals surface area (Å²) >= 11 is 2.69. The Bertz CT molecular complexity index is 439. The van der Waals surface area contributed by atoms with E-state index in [-0.39, 0.29) is 4.47 Å². The zero-order chi connectivity index (χ0) is 12.5. The van der Waals surface area contributed by atoms with Crippen molar-refractivity contribution in [1.29, 1.82) is 0 Å². The Morgan fingerprint density at radius 1 is 1.56 bits per heavy atom. The average molecular weight is 296 g/mol. The summed E-state index contributed by atoms with van der Waals surface area (Å²) in [5.41, 5.74) is 4.47. The van der Waals surface area contributed by atoms with Gasteiger partial charge >= 0.3 is 5.97 Å². The molecule has 0 radical (unpaired) electrons. The summed E-state index contributed by atoms with van der Waals surface area (Å²) in [4.78, 5) is 10.7. The van der Waals surface area contributed by atoms with Gasteiger partial charge in [0.15, 0.2) is 0 Å². The molecule has 0 fully saturated rings. The van der Waals surface area contributed by atoms with Crippen molar-refractivity contribution in [1.82, 2.24) is 0 Å². The molecule has 1 unspecified atom stereocenters. The number of halogens is 3. The molecule has 0 saturated heterocycles. The molecule has 4 N–H and O–H groups in total. The topological polar surface area (TPSA) is 83.6 Å². The molecule has 88 valence electrons. The zero-order valence-corrected chi connectivity index (χ0v) is 9.46. The van der Waals surface area contributed by atoms with E-state index in [4.69, 9.17) is 15.9 Å². The van der Waals surface area contributed by atoms with Crippen molar-refractivity contribution >= 4 is 21.9 Å². The SMILES string of the molecule is NCC(C(=O)O)c1c(F)cc(O)c(Br)c1F. The molecule has 0 saturated carbocycles. The number of carbonyl (C=O) groups is 1. The molecule has 0 amide bonds. The number of benzene rings is 1. The molecule has 0 aliphatic heterocycles. The third-order valence-electron chi connectivity index (χ3n) is 2.06. The van der Waals surface area contributed by atoms with E-state index in [1.54, 1.807) is 0 Å². The van der Waals surface area contributed by atoms with E-state index < -0.39 is 41.4 Å². The van der Waals surface area contributed by atoms with Gasteiger partial charge in [0.25, 0.3) is 0 Å². The average Bonchev–Trinajstić information content (AvgIpc) is 2.20. The van der Waals surface area contributed by atoms with Crippen LogP contribution in [0.4, 0.5) is 8.78 Å². The van der Waals surface area contributed by atoms with Crippen LogP contribution in [0.3, 0.4) is 0 Å². The number of hydrogen-bond donors (Lipinski definition) is 3. The quantitative estimate of drug-likeness (QED) is 0.739. The molecular formula is C9H8BrF2NO3. The van der Waals surface area contributed by atoms with Crippen LogP contribution in [0.1, 0.15) is 11.5 Å². The van der Waals surface area contributed by atoms with Gasteiger partial charge in [-0.3, -0.25) is 4.79 Å². The third kappa shape index (κ3) is 2.14. The Kier molecular flexibility index (Phi) is 3.82. The van der Waals surface area contributed by atoms with Gasteiger partial charge in [-0.25, -0.2) is 8.78 Å². The highest BCUT2D eigenvalue weighted by Gasteiger charge is 2.28. The number of aliphatic carboxylic acids is 1. The predicted molar refractivity (Wildman–Crippen MR) is 55.2 cm³/mol. The maximum atomic E-state index is 13.6. The molecule has 1 rings (SSSR count). The Morgan fingerprint density at radius 2 is 2.12 bits per heavy atom. The van der Waals surface area contributed by atoms with E-state index in [2.05, 4.69) is 15.9 Å². The van der Waals surface area contributed by atoms with Gasteiger partial charge in [0, 0.05) is 18.2 Å². The third-order valence-corrected chi connectivity index (χ3v) is 2.81. The Hall–Kier alpha value is -1.21. The molecule has 0 aliphatic rings. The monoisotopic (exact) mass is 295 g/mol. The van der Waals surface area contributed by atoms with E-state index in [1.807, 2.05) is 0 Å². The highest BCUT2D eigenvalue weighted by molar-refractivity contribution is 9.10. The fourth-order valence-corrected chi connectivity index (χ4v) is 1.59. The second-order valence-electron chi connectivity index (χ2n) is 3.05. The molecule has 16 heavy (non-hydrogen) atoms. The minimum atomic E-state index is -1.49. The van der Waals surface area contributed by atoms with Crippen molar-refractivity contribution in [2.24, 2.45) is 5.73 Å². The van der Waals surface area contributed by atoms with Crippen LogP contribution in [0.25, 0.3) is 0 Å². The Labute approximate surface area is 97.8 Å². The minimum absolute atomic E-state index is 0.386. The molecule has 0 aromatic heterocycles. The van der Waals surface area contributed by atoms with Crippen LogP contribution in [0, 0.1) is 11.6 Å². The molecule has 0 spiro atoms. The number of phenols is 1. The molecule has 7 heteroatoms. The summed E-state index contributed by atoms with van der Waals surface area (Å²) in [6.07, 6.45) is 0. The maximum absolute atomic E-state index is 13.6. The predicted octanol–water partition coefficient (Wildman–Crippen LogP) is 1.56. The van der Waals surface area contributed by atoms with Gasteiger partial charge in [0.1, 0.15) is 17.4 Å². The number of carboxylic acids is 1. The van der Waals surface area contributed by atoms with Crippen LogP contribution in [0.5, 0.6) is 5.75 Å². The first kappa shape index (κ1) is 12.9. The molecule has 0 aliphatic carbocycles. The summed E-state index contributed by atoms with van der Waals surface area (Å²) in [5, 5.41) is 17.8. The van der Waals surface area contributed by atoms with Crippen LogP contribution >= 0.6 is 15.9 Å². The summed E-state index contributed by atoms with van der Waals surface area (Å²) < 4.78 is 26.5. The van der Waals surface area contributed by atoms with E-state index in [1.165, 1.54) is 0 Å². The van der Waals surface area contributed by atoms with E-state index in [9.17, 15) is 13.6 Å². The number of phenolic OH excluding ortho intramolecular Hbond substituents is 1.